The molecule has 0 heterocycles. The standard InChI is InChI=1S/C35H54F5NO2/c1-32-19-16-29-28-15-14-27(42)24-26(28)23-25(31(29)30(32)17-20-33(32,2)43)13-9-8-12-22-41(3)21-11-7-5-4-6-10-18-34(36,37)35(38,39)40/h14-15,24-25,29-31,42-43H,4-13,16-23H2,1-3H3/t25-,29-,30+,31-,32+,33+/m1/s1. The van der Waals surface area contributed by atoms with Crippen molar-refractivity contribution in [2.45, 2.75) is 140 Å². The average Bonchev–Trinajstić information content (AvgIpc) is 3.17. The van der Waals surface area contributed by atoms with Gasteiger partial charge in [-0.25, -0.2) is 0 Å². The monoisotopic (exact) mass is 615 g/mol. The lowest BCUT2D eigenvalue weighted by molar-refractivity contribution is -0.284. The molecule has 4 rings (SSSR count). The van der Waals surface area contributed by atoms with Gasteiger partial charge in [0.25, 0.3) is 0 Å². The van der Waals surface area contributed by atoms with Gasteiger partial charge in [0, 0.05) is 6.42 Å². The van der Waals surface area contributed by atoms with E-state index in [0.29, 0.717) is 42.3 Å². The van der Waals surface area contributed by atoms with Crippen LogP contribution in [0.2, 0.25) is 0 Å². The quantitative estimate of drug-likeness (QED) is 0.153. The summed E-state index contributed by atoms with van der Waals surface area (Å²) in [4.78, 5) is 2.34. The zero-order chi connectivity index (χ0) is 31.5. The molecule has 0 amide bonds. The van der Waals surface area contributed by atoms with Gasteiger partial charge in [-0.1, -0.05) is 51.5 Å². The first kappa shape index (κ1) is 34.5. The van der Waals surface area contributed by atoms with E-state index in [-0.39, 0.29) is 11.8 Å². The van der Waals surface area contributed by atoms with Crippen LogP contribution in [0.25, 0.3) is 0 Å². The Hall–Kier alpha value is -1.41. The highest BCUT2D eigenvalue weighted by Gasteiger charge is 2.61. The number of fused-ring (bicyclic) bond motifs is 5. The lowest BCUT2D eigenvalue weighted by Crippen LogP contribution is -2.51. The maximum absolute atomic E-state index is 13.0. The Morgan fingerprint density at radius 3 is 2.16 bits per heavy atom. The summed E-state index contributed by atoms with van der Waals surface area (Å²) in [6, 6.07) is 5.99. The molecule has 2 N–H and O–H groups in total. The molecule has 6 atom stereocenters. The second-order valence-electron chi connectivity index (χ2n) is 14.6. The fourth-order valence-electron chi connectivity index (χ4n) is 8.96. The van der Waals surface area contributed by atoms with Crippen LogP contribution in [0.5, 0.6) is 5.75 Å². The maximum atomic E-state index is 13.0. The fourth-order valence-corrected chi connectivity index (χ4v) is 8.96. The summed E-state index contributed by atoms with van der Waals surface area (Å²) in [5.74, 6) is -1.98. The Labute approximate surface area is 255 Å². The van der Waals surface area contributed by atoms with Gasteiger partial charge in [0.05, 0.1) is 5.60 Å². The van der Waals surface area contributed by atoms with E-state index >= 15 is 0 Å². The molecular formula is C35H54F5NO2. The molecule has 0 saturated heterocycles. The summed E-state index contributed by atoms with van der Waals surface area (Å²) in [5, 5.41) is 21.5. The number of nitrogens with zero attached hydrogens (tertiary/aromatic N) is 1. The molecule has 3 nitrogen and oxygen atoms in total. The van der Waals surface area contributed by atoms with Crippen molar-refractivity contribution in [3.05, 3.63) is 29.3 Å². The van der Waals surface area contributed by atoms with Crippen LogP contribution in [0.4, 0.5) is 22.0 Å². The van der Waals surface area contributed by atoms with Crippen LogP contribution in [0.15, 0.2) is 18.2 Å². The summed E-state index contributed by atoms with van der Waals surface area (Å²) >= 11 is 0. The molecule has 0 aliphatic heterocycles. The molecule has 8 heteroatoms. The zero-order valence-corrected chi connectivity index (χ0v) is 26.5. The Morgan fingerprint density at radius 2 is 1.49 bits per heavy atom. The molecule has 0 aromatic heterocycles. The normalized spacial score (nSPS) is 30.7. The first-order valence-corrected chi connectivity index (χ1v) is 16.8. The first-order chi connectivity index (χ1) is 20.2. The van der Waals surface area contributed by atoms with E-state index in [1.807, 2.05) is 12.1 Å². The number of unbranched alkanes of at least 4 members (excludes halogenated alkanes) is 7. The molecule has 0 spiro atoms. The van der Waals surface area contributed by atoms with Gasteiger partial charge in [-0.3, -0.25) is 0 Å². The Kier molecular flexibility index (Phi) is 11.2. The number of aliphatic hydroxyl groups is 1. The lowest BCUT2D eigenvalue weighted by atomic mass is 9.50. The van der Waals surface area contributed by atoms with E-state index in [4.69, 9.17) is 0 Å². The van der Waals surface area contributed by atoms with Crippen LogP contribution in [-0.2, 0) is 6.42 Å². The van der Waals surface area contributed by atoms with E-state index in [1.54, 1.807) is 0 Å². The first-order valence-electron chi connectivity index (χ1n) is 16.8. The molecule has 0 radical (unpaired) electrons. The van der Waals surface area contributed by atoms with E-state index < -0.39 is 24.1 Å². The van der Waals surface area contributed by atoms with E-state index in [2.05, 4.69) is 31.9 Å². The number of aromatic hydroxyl groups is 1. The number of hydrogen-bond acceptors (Lipinski definition) is 3. The van der Waals surface area contributed by atoms with Crippen molar-refractivity contribution in [3.8, 4) is 5.75 Å². The number of benzene rings is 1. The molecule has 2 saturated carbocycles. The molecule has 1 aromatic carbocycles. The highest BCUT2D eigenvalue weighted by atomic mass is 19.4. The number of phenolic OH excluding ortho intramolecular Hbond substituents is 1. The summed E-state index contributed by atoms with van der Waals surface area (Å²) in [5.41, 5.74) is 2.13. The summed E-state index contributed by atoms with van der Waals surface area (Å²) in [6.45, 7) is 6.39. The molecular weight excluding hydrogens is 561 g/mol. The SMILES string of the molecule is CN(CCCCCCCCC(F)(F)C(F)(F)F)CCCCC[C@@H]1Cc2cc(O)ccc2[C@H]2CC[C@@]3(C)[C@@H](CC[C@]3(C)O)[C@H]12. The highest BCUT2D eigenvalue weighted by molar-refractivity contribution is 5.41. The largest absolute Gasteiger partial charge is 0.508 e. The zero-order valence-electron chi connectivity index (χ0n) is 26.5. The molecule has 0 unspecified atom stereocenters. The minimum absolute atomic E-state index is 0.0225. The summed E-state index contributed by atoms with van der Waals surface area (Å²) < 4.78 is 62.6. The van der Waals surface area contributed by atoms with Crippen LogP contribution < -0.4 is 0 Å². The van der Waals surface area contributed by atoms with Crippen LogP contribution in [0.3, 0.4) is 0 Å². The molecule has 3 aliphatic carbocycles. The van der Waals surface area contributed by atoms with Gasteiger partial charge in [0.1, 0.15) is 5.75 Å². The van der Waals surface area contributed by atoms with Gasteiger partial charge >= 0.3 is 12.1 Å². The number of halogens is 5. The predicted octanol–water partition coefficient (Wildman–Crippen LogP) is 9.65. The topological polar surface area (TPSA) is 43.7 Å². The van der Waals surface area contributed by atoms with Crippen molar-refractivity contribution in [1.29, 1.82) is 0 Å². The van der Waals surface area contributed by atoms with Crippen LogP contribution in [-0.4, -0.2) is 53.0 Å². The lowest BCUT2D eigenvalue weighted by Gasteiger charge is -2.55. The number of hydrogen-bond donors (Lipinski definition) is 2. The van der Waals surface area contributed by atoms with Crippen molar-refractivity contribution in [1.82, 2.24) is 4.90 Å². The molecule has 43 heavy (non-hydrogen) atoms. The number of rotatable bonds is 15. The average molecular weight is 616 g/mol. The fraction of sp³-hybridized carbons (Fsp3) is 0.829. The Balaban J connectivity index is 1.16. The van der Waals surface area contributed by atoms with Crippen molar-refractivity contribution < 1.29 is 32.2 Å². The summed E-state index contributed by atoms with van der Waals surface area (Å²) in [7, 11) is 2.13. The Morgan fingerprint density at radius 1 is 0.860 bits per heavy atom. The predicted molar refractivity (Wildman–Crippen MR) is 162 cm³/mol. The van der Waals surface area contributed by atoms with Gasteiger partial charge in [0.2, 0.25) is 0 Å². The van der Waals surface area contributed by atoms with E-state index in [1.165, 1.54) is 30.4 Å². The van der Waals surface area contributed by atoms with Crippen molar-refractivity contribution >= 4 is 0 Å². The molecule has 1 aromatic rings. The van der Waals surface area contributed by atoms with Gasteiger partial charge in [-0.15, -0.1) is 0 Å². The van der Waals surface area contributed by atoms with Crippen molar-refractivity contribution in [2.24, 2.45) is 23.2 Å². The summed E-state index contributed by atoms with van der Waals surface area (Å²) in [6.07, 6.45) is 7.17. The second-order valence-corrected chi connectivity index (χ2v) is 14.6. The smallest absolute Gasteiger partial charge is 0.453 e. The molecule has 2 fully saturated rings. The maximum Gasteiger partial charge on any atom is 0.453 e. The third-order valence-corrected chi connectivity index (χ3v) is 11.8. The van der Waals surface area contributed by atoms with E-state index in [0.717, 1.165) is 70.9 Å². The van der Waals surface area contributed by atoms with Crippen LogP contribution >= 0.6 is 0 Å². The number of phenols is 1. The minimum atomic E-state index is -5.44. The van der Waals surface area contributed by atoms with Crippen molar-refractivity contribution in [3.63, 3.8) is 0 Å². The van der Waals surface area contributed by atoms with Crippen molar-refractivity contribution in [2.75, 3.05) is 20.1 Å². The Bertz CT molecular complexity index is 1040. The second kappa shape index (κ2) is 13.9. The van der Waals surface area contributed by atoms with Gasteiger partial charge < -0.3 is 15.1 Å². The van der Waals surface area contributed by atoms with Gasteiger partial charge in [-0.2, -0.15) is 22.0 Å². The van der Waals surface area contributed by atoms with Gasteiger partial charge in [-0.05, 0) is 137 Å². The molecule has 3 aliphatic rings. The van der Waals surface area contributed by atoms with Crippen LogP contribution in [0.1, 0.15) is 127 Å². The highest BCUT2D eigenvalue weighted by Crippen LogP contribution is 2.65. The van der Waals surface area contributed by atoms with E-state index in [9.17, 15) is 32.2 Å². The third kappa shape index (κ3) is 7.88. The molecule has 246 valence electrons. The van der Waals surface area contributed by atoms with Gasteiger partial charge in [0.15, 0.2) is 0 Å². The van der Waals surface area contributed by atoms with Crippen LogP contribution in [0, 0.1) is 23.2 Å². The minimum Gasteiger partial charge on any atom is -0.508 e. The molecule has 0 bridgehead atoms. The third-order valence-electron chi connectivity index (χ3n) is 11.8. The number of alkyl halides is 5.